The number of hydrogen-bond donors (Lipinski definition) is 3. The quantitative estimate of drug-likeness (QED) is 0.326. The highest BCUT2D eigenvalue weighted by molar-refractivity contribution is 7.89. The van der Waals surface area contributed by atoms with Crippen LogP contribution >= 0.6 is 0 Å². The number of benzene rings is 1. The number of rotatable bonds is 11. The normalized spacial score (nSPS) is 18.3. The zero-order valence-electron chi connectivity index (χ0n) is 26.1. The van der Waals surface area contributed by atoms with Crippen LogP contribution in [0.3, 0.4) is 0 Å². The number of carbonyl (C=O) groups is 1. The van der Waals surface area contributed by atoms with Gasteiger partial charge in [0.05, 0.1) is 10.3 Å². The number of nitrogens with zero attached hydrogens (tertiary/aromatic N) is 1. The Balaban J connectivity index is 1.83. The van der Waals surface area contributed by atoms with Crippen molar-refractivity contribution in [2.75, 3.05) is 6.54 Å². The van der Waals surface area contributed by atoms with Crippen LogP contribution in [-0.2, 0) is 36.8 Å². The molecule has 9 nitrogen and oxygen atoms in total. The number of hydrogen-bond acceptors (Lipinski definition) is 5. The van der Waals surface area contributed by atoms with Gasteiger partial charge in [0.2, 0.25) is 26.0 Å². The van der Waals surface area contributed by atoms with Gasteiger partial charge in [-0.05, 0) is 108 Å². The van der Waals surface area contributed by atoms with Gasteiger partial charge in [-0.2, -0.15) is 0 Å². The molecule has 42 heavy (non-hydrogen) atoms. The summed E-state index contributed by atoms with van der Waals surface area (Å²) in [7, 11) is -7.75. The first kappa shape index (κ1) is 32.7. The third kappa shape index (κ3) is 7.11. The molecular formula is C31H48N4O5S2. The van der Waals surface area contributed by atoms with Gasteiger partial charge in [0.15, 0.2) is 0 Å². The van der Waals surface area contributed by atoms with Crippen molar-refractivity contribution >= 4 is 26.0 Å². The summed E-state index contributed by atoms with van der Waals surface area (Å²) in [6, 6.07) is 7.08. The maximum absolute atomic E-state index is 13.6. The number of nitrogens with two attached hydrogens (primary N) is 1. The van der Waals surface area contributed by atoms with Crippen LogP contribution in [-0.4, -0.2) is 39.4 Å². The van der Waals surface area contributed by atoms with Crippen LogP contribution in [0.25, 0.3) is 11.3 Å². The van der Waals surface area contributed by atoms with Crippen molar-refractivity contribution in [1.82, 2.24) is 14.0 Å². The van der Waals surface area contributed by atoms with Gasteiger partial charge in [-0.1, -0.05) is 32.3 Å². The number of carbonyl (C=O) groups excluding carboxylic acids is 1. The van der Waals surface area contributed by atoms with Crippen LogP contribution in [0.5, 0.6) is 0 Å². The fourth-order valence-corrected chi connectivity index (χ4v) is 8.98. The molecule has 1 aromatic carbocycles. The SMILES string of the molecule is Cc1c(S(=O)(=O)NCC(C)(C)C(N)=O)cc(-c2ccc(S(=O)(=O)NC(C)(C)C)c(C3(C)CC3)c2)n1CC1CCCCC1. The molecule has 1 heterocycles. The van der Waals surface area contributed by atoms with Crippen molar-refractivity contribution in [2.24, 2.45) is 17.1 Å². The Labute approximate surface area is 252 Å². The minimum absolute atomic E-state index is 0.122. The summed E-state index contributed by atoms with van der Waals surface area (Å²) in [4.78, 5) is 12.3. The first-order valence-corrected chi connectivity index (χ1v) is 17.9. The van der Waals surface area contributed by atoms with Crippen molar-refractivity contribution in [3.63, 3.8) is 0 Å². The average Bonchev–Trinajstić information content (AvgIpc) is 3.55. The van der Waals surface area contributed by atoms with Gasteiger partial charge in [-0.25, -0.2) is 26.3 Å². The van der Waals surface area contributed by atoms with Crippen molar-refractivity contribution in [1.29, 1.82) is 0 Å². The molecule has 0 aliphatic heterocycles. The maximum Gasteiger partial charge on any atom is 0.242 e. The summed E-state index contributed by atoms with van der Waals surface area (Å²) in [5.74, 6) is -0.161. The molecule has 0 radical (unpaired) electrons. The largest absolute Gasteiger partial charge is 0.369 e. The highest BCUT2D eigenvalue weighted by Crippen LogP contribution is 2.50. The maximum atomic E-state index is 13.6. The second kappa shape index (κ2) is 11.4. The van der Waals surface area contributed by atoms with E-state index in [0.29, 0.717) is 18.2 Å². The molecule has 0 atom stereocenters. The molecule has 1 amide bonds. The lowest BCUT2D eigenvalue weighted by Crippen LogP contribution is -2.42. The second-order valence-corrected chi connectivity index (χ2v) is 17.7. The van der Waals surface area contributed by atoms with E-state index in [0.717, 1.165) is 55.3 Å². The first-order valence-electron chi connectivity index (χ1n) is 14.9. The Kier molecular flexibility index (Phi) is 8.85. The van der Waals surface area contributed by atoms with E-state index >= 15 is 0 Å². The lowest BCUT2D eigenvalue weighted by Gasteiger charge is -2.25. The van der Waals surface area contributed by atoms with E-state index in [1.54, 1.807) is 32.0 Å². The molecule has 234 valence electrons. The smallest absolute Gasteiger partial charge is 0.242 e. The molecule has 2 aliphatic carbocycles. The Morgan fingerprint density at radius 1 is 0.976 bits per heavy atom. The van der Waals surface area contributed by atoms with Crippen LogP contribution in [0.15, 0.2) is 34.1 Å². The van der Waals surface area contributed by atoms with Crippen LogP contribution < -0.4 is 15.2 Å². The topological polar surface area (TPSA) is 140 Å². The van der Waals surface area contributed by atoms with Crippen LogP contribution in [0.2, 0.25) is 0 Å². The highest BCUT2D eigenvalue weighted by atomic mass is 32.2. The summed E-state index contributed by atoms with van der Waals surface area (Å²) < 4.78 is 61.6. The molecule has 4 N–H and O–H groups in total. The summed E-state index contributed by atoms with van der Waals surface area (Å²) in [5, 5.41) is 0. The molecule has 2 fully saturated rings. The highest BCUT2D eigenvalue weighted by Gasteiger charge is 2.43. The number of primary amides is 1. The van der Waals surface area contributed by atoms with E-state index in [9.17, 15) is 21.6 Å². The molecule has 0 spiro atoms. The number of aromatic nitrogens is 1. The number of amides is 1. The van der Waals surface area contributed by atoms with Gasteiger partial charge in [0.1, 0.15) is 4.90 Å². The Morgan fingerprint density at radius 3 is 2.14 bits per heavy atom. The van der Waals surface area contributed by atoms with Gasteiger partial charge in [-0.15, -0.1) is 0 Å². The Hall–Kier alpha value is -2.21. The van der Waals surface area contributed by atoms with Crippen molar-refractivity contribution < 1.29 is 21.6 Å². The van der Waals surface area contributed by atoms with Gasteiger partial charge in [0.25, 0.3) is 0 Å². The molecule has 2 aromatic rings. The lowest BCUT2D eigenvalue weighted by molar-refractivity contribution is -0.125. The molecule has 4 rings (SSSR count). The fourth-order valence-electron chi connectivity index (χ4n) is 5.75. The van der Waals surface area contributed by atoms with Gasteiger partial charge in [0, 0.05) is 30.0 Å². The lowest BCUT2D eigenvalue weighted by atomic mass is 9.89. The molecule has 2 aliphatic rings. The predicted octanol–water partition coefficient (Wildman–Crippen LogP) is 4.96. The monoisotopic (exact) mass is 620 g/mol. The van der Waals surface area contributed by atoms with E-state index in [1.165, 1.54) is 6.42 Å². The zero-order chi connectivity index (χ0) is 31.3. The van der Waals surface area contributed by atoms with Crippen molar-refractivity contribution in [3.05, 3.63) is 35.5 Å². The first-order chi connectivity index (χ1) is 19.3. The van der Waals surface area contributed by atoms with Crippen LogP contribution in [0.1, 0.15) is 97.7 Å². The fraction of sp³-hybridized carbons (Fsp3) is 0.645. The van der Waals surface area contributed by atoms with E-state index in [2.05, 4.69) is 20.9 Å². The average molecular weight is 621 g/mol. The van der Waals surface area contributed by atoms with Gasteiger partial charge < -0.3 is 10.3 Å². The van der Waals surface area contributed by atoms with Gasteiger partial charge in [-0.3, -0.25) is 4.79 Å². The third-order valence-electron chi connectivity index (χ3n) is 8.80. The number of nitrogens with one attached hydrogen (secondary N) is 2. The molecule has 0 unspecified atom stereocenters. The summed E-state index contributed by atoms with van der Waals surface area (Å²) >= 11 is 0. The minimum atomic E-state index is -3.97. The summed E-state index contributed by atoms with van der Waals surface area (Å²) in [6.07, 6.45) is 7.47. The van der Waals surface area contributed by atoms with Gasteiger partial charge >= 0.3 is 0 Å². The van der Waals surface area contributed by atoms with E-state index < -0.39 is 36.9 Å². The van der Waals surface area contributed by atoms with E-state index in [4.69, 9.17) is 5.73 Å². The van der Waals surface area contributed by atoms with Crippen LogP contribution in [0.4, 0.5) is 0 Å². The van der Waals surface area contributed by atoms with Crippen molar-refractivity contribution in [2.45, 2.75) is 121 Å². The number of sulfonamides is 2. The van der Waals surface area contributed by atoms with Crippen LogP contribution in [0, 0.1) is 18.3 Å². The summed E-state index contributed by atoms with van der Waals surface area (Å²) in [6.45, 7) is 13.1. The molecule has 0 saturated heterocycles. The van der Waals surface area contributed by atoms with E-state index in [1.807, 2.05) is 33.8 Å². The standard InChI is InChI=1S/C31H48N4O5S2/c1-21-27(41(37,38)33-20-30(5,6)28(32)36)18-25(35(21)19-22-11-9-8-10-12-22)23-13-14-26(24(17-23)31(7)15-16-31)42(39,40)34-29(2,3)4/h13-14,17-18,22,33-34H,8-12,15-16,19-20H2,1-7H3,(H2,32,36). The molecule has 11 heteroatoms. The predicted molar refractivity (Wildman–Crippen MR) is 166 cm³/mol. The molecule has 1 aromatic heterocycles. The molecular weight excluding hydrogens is 572 g/mol. The Morgan fingerprint density at radius 2 is 1.60 bits per heavy atom. The van der Waals surface area contributed by atoms with Crippen molar-refractivity contribution in [3.8, 4) is 11.3 Å². The molecule has 0 bridgehead atoms. The second-order valence-electron chi connectivity index (χ2n) is 14.3. The minimum Gasteiger partial charge on any atom is -0.369 e. The van der Waals surface area contributed by atoms with E-state index in [-0.39, 0.29) is 21.8 Å². The zero-order valence-corrected chi connectivity index (χ0v) is 27.8. The third-order valence-corrected chi connectivity index (χ3v) is 12.1. The Bertz CT molecular complexity index is 1560. The molecule has 2 saturated carbocycles. The summed E-state index contributed by atoms with van der Waals surface area (Å²) in [5.41, 5.74) is 6.43.